The van der Waals surface area contributed by atoms with E-state index >= 15 is 0 Å². The largest absolute Gasteiger partial charge is 0.354 e. The zero-order chi connectivity index (χ0) is 22.9. The van der Waals surface area contributed by atoms with Crippen molar-refractivity contribution in [3.05, 3.63) is 126 Å². The van der Waals surface area contributed by atoms with Crippen molar-refractivity contribution in [2.45, 2.75) is 12.8 Å². The normalized spacial score (nSPS) is 13.7. The van der Waals surface area contributed by atoms with Gasteiger partial charge in [-0.2, -0.15) is 0 Å². The Bertz CT molecular complexity index is 1820. The molecule has 1 nitrogen and oxygen atoms in total. The van der Waals surface area contributed by atoms with Crippen LogP contribution in [-0.2, 0) is 6.42 Å². The lowest BCUT2D eigenvalue weighted by molar-refractivity contribution is 0.979. The smallest absolute Gasteiger partial charge is 0.0477 e. The Labute approximate surface area is 204 Å². The minimum Gasteiger partial charge on any atom is -0.354 e. The molecular formula is C34H23N. The molecule has 1 N–H and O–H groups in total. The second-order valence-corrected chi connectivity index (χ2v) is 9.75. The molecule has 0 unspecified atom stereocenters. The zero-order valence-corrected chi connectivity index (χ0v) is 19.3. The maximum absolute atomic E-state index is 3.83. The van der Waals surface area contributed by atoms with Crippen LogP contribution in [0.4, 0.5) is 0 Å². The van der Waals surface area contributed by atoms with Crippen molar-refractivity contribution in [1.82, 2.24) is 4.98 Å². The van der Waals surface area contributed by atoms with Crippen LogP contribution in [0.5, 0.6) is 0 Å². The van der Waals surface area contributed by atoms with Gasteiger partial charge in [0.05, 0.1) is 0 Å². The number of H-pyrrole nitrogens is 1. The molecule has 0 saturated heterocycles. The van der Waals surface area contributed by atoms with E-state index in [9.17, 15) is 0 Å². The van der Waals surface area contributed by atoms with Gasteiger partial charge in [-0.15, -0.1) is 0 Å². The van der Waals surface area contributed by atoms with E-state index in [-0.39, 0.29) is 0 Å². The Balaban J connectivity index is 1.56. The molecule has 0 aliphatic heterocycles. The summed E-state index contributed by atoms with van der Waals surface area (Å²) < 4.78 is 0. The van der Waals surface area contributed by atoms with Crippen molar-refractivity contribution in [3.8, 4) is 33.4 Å². The summed E-state index contributed by atoms with van der Waals surface area (Å²) in [6, 6.07) is 37.9. The van der Waals surface area contributed by atoms with Gasteiger partial charge in [-0.05, 0) is 92.8 Å². The van der Waals surface area contributed by atoms with Gasteiger partial charge in [0.25, 0.3) is 0 Å². The van der Waals surface area contributed by atoms with Crippen LogP contribution in [0.3, 0.4) is 0 Å². The van der Waals surface area contributed by atoms with Crippen molar-refractivity contribution < 1.29 is 0 Å². The first-order valence-electron chi connectivity index (χ1n) is 12.4. The molecule has 0 saturated carbocycles. The standard InChI is InChI=1S/C34H23N/c1-3-9-21(10-4-1)24-17-28-26-15-7-13-23-14-8-16-27(32(23)26)29-18-25(22-11-5-2-6-12-22)20-31-34(29)33(28)30(19-24)35-31/h1-7,9-13,15-20,35H,8,14H2. The second kappa shape index (κ2) is 7.07. The number of allylic oxidation sites excluding steroid dienone is 1. The van der Waals surface area contributed by atoms with E-state index in [0.29, 0.717) is 0 Å². The predicted molar refractivity (Wildman–Crippen MR) is 148 cm³/mol. The highest BCUT2D eigenvalue weighted by Crippen LogP contribution is 2.50. The minimum absolute atomic E-state index is 1.09. The molecule has 2 aliphatic rings. The molecule has 0 amide bonds. The molecular weight excluding hydrogens is 422 g/mol. The summed E-state index contributed by atoms with van der Waals surface area (Å²) in [4.78, 5) is 3.83. The number of aryl methyl sites for hydroxylation is 1. The van der Waals surface area contributed by atoms with E-state index in [1.54, 1.807) is 0 Å². The SMILES string of the molecule is C1=C2c3c(cccc3-c3cc(-c4ccccc4)cc4[nH]c5cc(-c6ccccc6)cc2c5c34)CC1. The van der Waals surface area contributed by atoms with Gasteiger partial charge >= 0.3 is 0 Å². The van der Waals surface area contributed by atoms with E-state index in [4.69, 9.17) is 0 Å². The number of benzene rings is 5. The molecule has 1 aromatic heterocycles. The summed E-state index contributed by atoms with van der Waals surface area (Å²) >= 11 is 0. The number of fused-ring (bicyclic) bond motifs is 2. The van der Waals surface area contributed by atoms with Crippen LogP contribution in [0.1, 0.15) is 23.1 Å². The highest BCUT2D eigenvalue weighted by molar-refractivity contribution is 6.23. The first-order chi connectivity index (χ1) is 17.3. The Morgan fingerprint density at radius 2 is 1.14 bits per heavy atom. The van der Waals surface area contributed by atoms with E-state index < -0.39 is 0 Å². The summed E-state index contributed by atoms with van der Waals surface area (Å²) in [5, 5.41) is 2.70. The highest BCUT2D eigenvalue weighted by Gasteiger charge is 2.27. The molecule has 8 rings (SSSR count). The number of aromatic nitrogens is 1. The number of hydrogen-bond acceptors (Lipinski definition) is 0. The average molecular weight is 446 g/mol. The van der Waals surface area contributed by atoms with Crippen LogP contribution in [0.15, 0.2) is 109 Å². The van der Waals surface area contributed by atoms with Gasteiger partial charge in [-0.3, -0.25) is 0 Å². The molecule has 1 heterocycles. The topological polar surface area (TPSA) is 15.8 Å². The van der Waals surface area contributed by atoms with Gasteiger partial charge in [0.1, 0.15) is 0 Å². The van der Waals surface area contributed by atoms with Crippen LogP contribution in [0.2, 0.25) is 0 Å². The average Bonchev–Trinajstić information content (AvgIpc) is 3.25. The van der Waals surface area contributed by atoms with Crippen molar-refractivity contribution >= 4 is 27.4 Å². The lowest BCUT2D eigenvalue weighted by Crippen LogP contribution is -2.02. The molecule has 0 fully saturated rings. The quantitative estimate of drug-likeness (QED) is 0.273. The molecule has 0 radical (unpaired) electrons. The molecule has 164 valence electrons. The fourth-order valence-electron chi connectivity index (χ4n) is 6.25. The molecule has 1 heteroatoms. The second-order valence-electron chi connectivity index (χ2n) is 9.75. The first-order valence-corrected chi connectivity index (χ1v) is 12.4. The van der Waals surface area contributed by atoms with Crippen LogP contribution < -0.4 is 0 Å². The summed E-state index contributed by atoms with van der Waals surface area (Å²) in [6.45, 7) is 0. The lowest BCUT2D eigenvalue weighted by Gasteiger charge is -2.21. The van der Waals surface area contributed by atoms with E-state index in [1.165, 1.54) is 77.5 Å². The first kappa shape index (κ1) is 19.0. The third kappa shape index (κ3) is 2.70. The molecule has 0 atom stereocenters. The maximum Gasteiger partial charge on any atom is 0.0477 e. The molecule has 6 aromatic rings. The number of nitrogens with one attached hydrogen (secondary N) is 1. The molecule has 35 heavy (non-hydrogen) atoms. The number of rotatable bonds is 2. The van der Waals surface area contributed by atoms with Crippen molar-refractivity contribution in [1.29, 1.82) is 0 Å². The Morgan fingerprint density at radius 3 is 1.83 bits per heavy atom. The monoisotopic (exact) mass is 445 g/mol. The van der Waals surface area contributed by atoms with Gasteiger partial charge in [0, 0.05) is 21.8 Å². The predicted octanol–water partition coefficient (Wildman–Crippen LogP) is 9.01. The Kier molecular flexibility index (Phi) is 3.84. The molecule has 0 bridgehead atoms. The maximum atomic E-state index is 3.83. The summed E-state index contributed by atoms with van der Waals surface area (Å²) in [5.41, 5.74) is 15.8. The van der Waals surface area contributed by atoms with Crippen molar-refractivity contribution in [2.75, 3.05) is 0 Å². The van der Waals surface area contributed by atoms with Crippen LogP contribution in [-0.4, -0.2) is 4.98 Å². The van der Waals surface area contributed by atoms with Gasteiger partial charge in [0.15, 0.2) is 0 Å². The molecule has 2 aliphatic carbocycles. The van der Waals surface area contributed by atoms with Crippen molar-refractivity contribution in [2.24, 2.45) is 0 Å². The fourth-order valence-corrected chi connectivity index (χ4v) is 6.25. The van der Waals surface area contributed by atoms with Crippen LogP contribution >= 0.6 is 0 Å². The molecule has 5 aromatic carbocycles. The van der Waals surface area contributed by atoms with Crippen molar-refractivity contribution in [3.63, 3.8) is 0 Å². The summed E-state index contributed by atoms with van der Waals surface area (Å²) in [5.74, 6) is 0. The van der Waals surface area contributed by atoms with Gasteiger partial charge in [-0.25, -0.2) is 0 Å². The van der Waals surface area contributed by atoms with Crippen LogP contribution in [0.25, 0.3) is 60.8 Å². The van der Waals surface area contributed by atoms with Crippen LogP contribution in [0, 0.1) is 0 Å². The summed E-state index contributed by atoms with van der Waals surface area (Å²) in [6.07, 6.45) is 4.66. The van der Waals surface area contributed by atoms with Gasteiger partial charge in [0.2, 0.25) is 0 Å². The Hall–Kier alpha value is -4.36. The third-order valence-electron chi connectivity index (χ3n) is 7.77. The minimum atomic E-state index is 1.09. The number of aromatic amines is 1. The van der Waals surface area contributed by atoms with Gasteiger partial charge in [-0.1, -0.05) is 84.9 Å². The number of hydrogen-bond donors (Lipinski definition) is 1. The third-order valence-corrected chi connectivity index (χ3v) is 7.77. The highest BCUT2D eigenvalue weighted by atomic mass is 14.7. The van der Waals surface area contributed by atoms with E-state index in [0.717, 1.165) is 12.8 Å². The Morgan fingerprint density at radius 1 is 0.514 bits per heavy atom. The fraction of sp³-hybridized carbons (Fsp3) is 0.0588. The van der Waals surface area contributed by atoms with E-state index in [1.807, 2.05) is 0 Å². The summed E-state index contributed by atoms with van der Waals surface area (Å²) in [7, 11) is 0. The zero-order valence-electron chi connectivity index (χ0n) is 19.3. The lowest BCUT2D eigenvalue weighted by atomic mass is 9.82. The molecule has 0 spiro atoms. The van der Waals surface area contributed by atoms with Gasteiger partial charge < -0.3 is 4.98 Å². The van der Waals surface area contributed by atoms with E-state index in [2.05, 4.69) is 114 Å².